The van der Waals surface area contributed by atoms with Crippen molar-refractivity contribution in [2.45, 2.75) is 31.9 Å². The molecule has 0 bridgehead atoms. The van der Waals surface area contributed by atoms with E-state index in [1.807, 2.05) is 24.4 Å². The summed E-state index contributed by atoms with van der Waals surface area (Å²) in [5.74, 6) is 1.74. The van der Waals surface area contributed by atoms with E-state index in [-0.39, 0.29) is 12.1 Å². The highest BCUT2D eigenvalue weighted by Crippen LogP contribution is 2.30. The number of hydrogen-bond acceptors (Lipinski definition) is 5. The van der Waals surface area contributed by atoms with Gasteiger partial charge in [-0.25, -0.2) is 9.78 Å². The zero-order valence-electron chi connectivity index (χ0n) is 14.8. The molecule has 0 aromatic carbocycles. The van der Waals surface area contributed by atoms with Crippen molar-refractivity contribution in [3.63, 3.8) is 0 Å². The van der Waals surface area contributed by atoms with E-state index in [0.717, 1.165) is 36.6 Å². The first kappa shape index (κ1) is 16.8. The van der Waals surface area contributed by atoms with Gasteiger partial charge in [-0.2, -0.15) is 0 Å². The van der Waals surface area contributed by atoms with E-state index in [1.165, 1.54) is 12.8 Å². The summed E-state index contributed by atoms with van der Waals surface area (Å²) in [6.45, 7) is 3.81. The maximum absolute atomic E-state index is 12.3. The monoisotopic (exact) mass is 356 g/mol. The molecule has 2 aliphatic rings. The molecule has 0 saturated carbocycles. The Morgan fingerprint density at radius 2 is 2.19 bits per heavy atom. The molecule has 26 heavy (non-hydrogen) atoms. The molecule has 2 saturated heterocycles. The summed E-state index contributed by atoms with van der Waals surface area (Å²) in [7, 11) is 0. The van der Waals surface area contributed by atoms with Gasteiger partial charge in [0.15, 0.2) is 11.6 Å². The second-order valence-electron chi connectivity index (χ2n) is 6.78. The largest absolute Gasteiger partial charge is 0.485 e. The Morgan fingerprint density at radius 3 is 3.00 bits per heavy atom. The van der Waals surface area contributed by atoms with Crippen molar-refractivity contribution in [2.75, 3.05) is 31.1 Å². The number of anilines is 1. The van der Waals surface area contributed by atoms with Gasteiger partial charge in [0.1, 0.15) is 6.10 Å². The van der Waals surface area contributed by atoms with Crippen LogP contribution in [0.25, 0.3) is 0 Å². The van der Waals surface area contributed by atoms with Crippen LogP contribution >= 0.6 is 0 Å². The second kappa shape index (κ2) is 7.68. The van der Waals surface area contributed by atoms with Gasteiger partial charge >= 0.3 is 6.03 Å². The maximum atomic E-state index is 12.3. The van der Waals surface area contributed by atoms with Gasteiger partial charge in [0.05, 0.1) is 19.1 Å². The number of furan rings is 1. The molecule has 0 radical (unpaired) electrons. The number of urea groups is 1. The zero-order chi connectivity index (χ0) is 17.8. The van der Waals surface area contributed by atoms with Gasteiger partial charge in [-0.15, -0.1) is 0 Å². The molecule has 7 heteroatoms. The fourth-order valence-electron chi connectivity index (χ4n) is 3.51. The molecule has 2 amide bonds. The molecule has 0 aliphatic carbocycles. The van der Waals surface area contributed by atoms with Crippen molar-refractivity contribution in [1.29, 1.82) is 0 Å². The fourth-order valence-corrected chi connectivity index (χ4v) is 3.51. The fraction of sp³-hybridized carbons (Fsp3) is 0.474. The maximum Gasteiger partial charge on any atom is 0.317 e. The molecule has 2 aliphatic heterocycles. The number of rotatable bonds is 5. The summed E-state index contributed by atoms with van der Waals surface area (Å²) in [4.78, 5) is 20.9. The van der Waals surface area contributed by atoms with Crippen molar-refractivity contribution < 1.29 is 13.9 Å². The van der Waals surface area contributed by atoms with Crippen molar-refractivity contribution >= 4 is 11.8 Å². The molecule has 0 unspecified atom stereocenters. The van der Waals surface area contributed by atoms with Crippen LogP contribution in [0.5, 0.6) is 5.75 Å². The minimum absolute atomic E-state index is 0.000211. The molecular weight excluding hydrogens is 332 g/mol. The van der Waals surface area contributed by atoms with Gasteiger partial charge in [0.2, 0.25) is 0 Å². The summed E-state index contributed by atoms with van der Waals surface area (Å²) < 4.78 is 11.2. The smallest absolute Gasteiger partial charge is 0.317 e. The average molecular weight is 356 g/mol. The van der Waals surface area contributed by atoms with Gasteiger partial charge in [0.25, 0.3) is 0 Å². The Morgan fingerprint density at radius 1 is 1.31 bits per heavy atom. The van der Waals surface area contributed by atoms with Crippen LogP contribution in [-0.2, 0) is 6.54 Å². The highest BCUT2D eigenvalue weighted by molar-refractivity contribution is 5.74. The summed E-state index contributed by atoms with van der Waals surface area (Å²) in [5.41, 5.74) is 0.955. The van der Waals surface area contributed by atoms with Gasteiger partial charge < -0.3 is 24.3 Å². The SMILES string of the molecule is O=C(NCc1ccoc1)N1CC[C@H](Oc2cccnc2N2CCCC2)C1. The van der Waals surface area contributed by atoms with Gasteiger partial charge in [-0.05, 0) is 31.0 Å². The molecule has 4 rings (SSSR count). The predicted octanol–water partition coefficient (Wildman–Crippen LogP) is 2.64. The van der Waals surface area contributed by atoms with Crippen LogP contribution in [0.1, 0.15) is 24.8 Å². The number of ether oxygens (including phenoxy) is 1. The predicted molar refractivity (Wildman–Crippen MR) is 97.2 cm³/mol. The Kier molecular flexibility index (Phi) is 4.95. The quantitative estimate of drug-likeness (QED) is 0.892. The Balaban J connectivity index is 1.32. The van der Waals surface area contributed by atoms with Crippen molar-refractivity contribution in [2.24, 2.45) is 0 Å². The van der Waals surface area contributed by atoms with E-state index in [2.05, 4.69) is 15.2 Å². The molecule has 1 N–H and O–H groups in total. The third-order valence-electron chi connectivity index (χ3n) is 4.91. The van der Waals surface area contributed by atoms with Crippen LogP contribution in [0.3, 0.4) is 0 Å². The van der Waals surface area contributed by atoms with E-state index in [4.69, 9.17) is 9.15 Å². The number of amides is 2. The lowest BCUT2D eigenvalue weighted by atomic mass is 10.3. The second-order valence-corrected chi connectivity index (χ2v) is 6.78. The number of likely N-dealkylation sites (tertiary alicyclic amines) is 1. The first-order valence-corrected chi connectivity index (χ1v) is 9.20. The third-order valence-corrected chi connectivity index (χ3v) is 4.91. The molecular formula is C19H24N4O3. The molecule has 4 heterocycles. The first-order chi connectivity index (χ1) is 12.8. The lowest BCUT2D eigenvalue weighted by Gasteiger charge is -2.22. The van der Waals surface area contributed by atoms with E-state index < -0.39 is 0 Å². The molecule has 2 fully saturated rings. The molecule has 2 aromatic heterocycles. The number of hydrogen-bond donors (Lipinski definition) is 1. The number of nitrogens with zero attached hydrogens (tertiary/aromatic N) is 3. The Bertz CT molecular complexity index is 728. The van der Waals surface area contributed by atoms with Crippen LogP contribution in [-0.4, -0.2) is 48.2 Å². The Hall–Kier alpha value is -2.70. The lowest BCUT2D eigenvalue weighted by Crippen LogP contribution is -2.39. The lowest BCUT2D eigenvalue weighted by molar-refractivity contribution is 0.186. The summed E-state index contributed by atoms with van der Waals surface area (Å²) >= 11 is 0. The average Bonchev–Trinajstić information content (AvgIpc) is 3.42. The van der Waals surface area contributed by atoms with E-state index in [0.29, 0.717) is 19.6 Å². The highest BCUT2D eigenvalue weighted by Gasteiger charge is 2.29. The number of pyridine rings is 1. The van der Waals surface area contributed by atoms with E-state index >= 15 is 0 Å². The first-order valence-electron chi connectivity index (χ1n) is 9.20. The minimum atomic E-state index is -0.0664. The van der Waals surface area contributed by atoms with Crippen LogP contribution < -0.4 is 15.0 Å². The molecule has 7 nitrogen and oxygen atoms in total. The van der Waals surface area contributed by atoms with Crippen molar-refractivity contribution in [1.82, 2.24) is 15.2 Å². The van der Waals surface area contributed by atoms with Crippen LogP contribution in [0.15, 0.2) is 41.3 Å². The molecule has 0 spiro atoms. The topological polar surface area (TPSA) is 70.8 Å². The van der Waals surface area contributed by atoms with Crippen LogP contribution in [0.2, 0.25) is 0 Å². The normalized spacial score (nSPS) is 19.8. The number of nitrogens with one attached hydrogen (secondary N) is 1. The minimum Gasteiger partial charge on any atom is -0.485 e. The van der Waals surface area contributed by atoms with Gasteiger partial charge in [0, 0.05) is 44.4 Å². The van der Waals surface area contributed by atoms with Crippen molar-refractivity contribution in [3.8, 4) is 5.75 Å². The highest BCUT2D eigenvalue weighted by atomic mass is 16.5. The van der Waals surface area contributed by atoms with Gasteiger partial charge in [-0.3, -0.25) is 0 Å². The molecule has 138 valence electrons. The van der Waals surface area contributed by atoms with Crippen molar-refractivity contribution in [3.05, 3.63) is 42.5 Å². The van der Waals surface area contributed by atoms with Gasteiger partial charge in [-0.1, -0.05) is 0 Å². The molecule has 2 aromatic rings. The summed E-state index contributed by atoms with van der Waals surface area (Å²) in [5, 5.41) is 2.92. The third kappa shape index (κ3) is 3.76. The number of aromatic nitrogens is 1. The van der Waals surface area contributed by atoms with Crippen LogP contribution in [0.4, 0.5) is 10.6 Å². The molecule has 1 atom stereocenters. The van der Waals surface area contributed by atoms with E-state index in [1.54, 1.807) is 17.4 Å². The Labute approximate surface area is 152 Å². The number of carbonyl (C=O) groups is 1. The summed E-state index contributed by atoms with van der Waals surface area (Å²) in [6, 6.07) is 5.66. The zero-order valence-corrected chi connectivity index (χ0v) is 14.8. The number of carbonyl (C=O) groups excluding carboxylic acids is 1. The standard InChI is InChI=1S/C19H24N4O3/c24-19(21-12-15-6-11-25-14-15)23-10-5-16(13-23)26-17-4-3-7-20-18(17)22-8-1-2-9-22/h3-4,6-7,11,14,16H,1-2,5,8-10,12-13H2,(H,21,24)/t16-/m0/s1. The summed E-state index contributed by atoms with van der Waals surface area (Å²) in [6.07, 6.45) is 8.28. The van der Waals surface area contributed by atoms with E-state index in [9.17, 15) is 4.79 Å². The van der Waals surface area contributed by atoms with Crippen LogP contribution in [0, 0.1) is 0 Å².